The molecule has 5 nitrogen and oxygen atoms in total. The maximum absolute atomic E-state index is 12.6. The number of nitrogens with one attached hydrogen (secondary N) is 2. The van der Waals surface area contributed by atoms with Gasteiger partial charge in [-0.15, -0.1) is 0 Å². The van der Waals surface area contributed by atoms with E-state index in [1.807, 2.05) is 11.8 Å². The van der Waals surface area contributed by atoms with Crippen LogP contribution in [0.4, 0.5) is 0 Å². The fraction of sp³-hybridized carbons (Fsp3) is 1.00. The topological polar surface area (TPSA) is 61.4 Å². The molecule has 0 aromatic carbocycles. The second-order valence-corrected chi connectivity index (χ2v) is 8.81. The van der Waals surface area contributed by atoms with Gasteiger partial charge in [0.15, 0.2) is 0 Å². The van der Waals surface area contributed by atoms with Crippen molar-refractivity contribution in [3.63, 3.8) is 0 Å². The van der Waals surface area contributed by atoms with Gasteiger partial charge in [0.2, 0.25) is 0 Å². The minimum Gasteiger partial charge on any atom is -0.313 e. The molecule has 2 aliphatic heterocycles. The van der Waals surface area contributed by atoms with Crippen molar-refractivity contribution >= 4 is 22.0 Å². The van der Waals surface area contributed by atoms with Gasteiger partial charge in [-0.1, -0.05) is 20.3 Å². The largest absolute Gasteiger partial charge is 0.313 e. The highest BCUT2D eigenvalue weighted by Gasteiger charge is 2.34. The maximum Gasteiger partial charge on any atom is 0.280 e. The summed E-state index contributed by atoms with van der Waals surface area (Å²) in [7, 11) is -3.33. The Balaban J connectivity index is 1.97. The van der Waals surface area contributed by atoms with Crippen LogP contribution in [0.25, 0.3) is 0 Å². The van der Waals surface area contributed by atoms with Gasteiger partial charge in [-0.2, -0.15) is 29.2 Å². The number of nitrogens with zero attached hydrogens (tertiary/aromatic N) is 1. The zero-order chi connectivity index (χ0) is 14.6. The lowest BCUT2D eigenvalue weighted by molar-refractivity contribution is 0.238. The van der Waals surface area contributed by atoms with Gasteiger partial charge in [0.05, 0.1) is 0 Å². The first-order valence-corrected chi connectivity index (χ1v) is 10.2. The molecule has 0 spiro atoms. The predicted molar refractivity (Wildman–Crippen MR) is 85.3 cm³/mol. The summed E-state index contributed by atoms with van der Waals surface area (Å²) in [5.41, 5.74) is 0. The molecule has 0 aromatic rings. The van der Waals surface area contributed by atoms with E-state index in [1.54, 1.807) is 4.31 Å². The van der Waals surface area contributed by atoms with Crippen molar-refractivity contribution in [1.29, 1.82) is 0 Å². The van der Waals surface area contributed by atoms with Gasteiger partial charge in [-0.3, -0.25) is 0 Å². The zero-order valence-electron chi connectivity index (χ0n) is 12.5. The second kappa shape index (κ2) is 7.45. The van der Waals surface area contributed by atoms with E-state index >= 15 is 0 Å². The van der Waals surface area contributed by atoms with Crippen molar-refractivity contribution in [2.24, 2.45) is 0 Å². The molecule has 2 heterocycles. The third kappa shape index (κ3) is 4.59. The van der Waals surface area contributed by atoms with Crippen LogP contribution in [-0.4, -0.2) is 55.4 Å². The smallest absolute Gasteiger partial charge is 0.280 e. The maximum atomic E-state index is 12.6. The highest BCUT2D eigenvalue weighted by atomic mass is 32.2. The van der Waals surface area contributed by atoms with Crippen LogP contribution in [0.2, 0.25) is 0 Å². The van der Waals surface area contributed by atoms with Gasteiger partial charge in [0, 0.05) is 37.0 Å². The van der Waals surface area contributed by atoms with Crippen LogP contribution in [0.5, 0.6) is 0 Å². The Hall–Kier alpha value is 0.180. The lowest BCUT2D eigenvalue weighted by atomic mass is 10.0. The first-order chi connectivity index (χ1) is 9.49. The molecule has 20 heavy (non-hydrogen) atoms. The van der Waals surface area contributed by atoms with Gasteiger partial charge < -0.3 is 5.32 Å². The Kier molecular flexibility index (Phi) is 6.16. The van der Waals surface area contributed by atoms with E-state index in [2.05, 4.69) is 23.9 Å². The van der Waals surface area contributed by atoms with Crippen LogP contribution in [0.1, 0.15) is 39.5 Å². The van der Waals surface area contributed by atoms with Crippen LogP contribution < -0.4 is 10.0 Å². The average molecular weight is 322 g/mol. The Bertz CT molecular complexity index is 394. The van der Waals surface area contributed by atoms with E-state index < -0.39 is 10.2 Å². The van der Waals surface area contributed by atoms with Crippen molar-refractivity contribution < 1.29 is 8.42 Å². The van der Waals surface area contributed by atoms with Crippen molar-refractivity contribution in [2.75, 3.05) is 24.6 Å². The normalized spacial score (nSPS) is 29.1. The summed E-state index contributed by atoms with van der Waals surface area (Å²) in [6.45, 7) is 5.59. The standard InChI is InChI=1S/C13H27N3O2S2/c1-11(2)14-9-13-5-3-4-7-16(13)20(17,18)15-12-6-8-19-10-12/h11-15H,3-10H2,1-2H3. The number of piperidine rings is 1. The molecule has 2 fully saturated rings. The molecular formula is C13H27N3O2S2. The Morgan fingerprint density at radius 1 is 1.30 bits per heavy atom. The fourth-order valence-electron chi connectivity index (χ4n) is 2.77. The molecule has 0 radical (unpaired) electrons. The monoisotopic (exact) mass is 321 g/mol. The Morgan fingerprint density at radius 3 is 2.75 bits per heavy atom. The number of hydrogen-bond acceptors (Lipinski definition) is 4. The van der Waals surface area contributed by atoms with Gasteiger partial charge >= 0.3 is 0 Å². The molecule has 2 N–H and O–H groups in total. The SMILES string of the molecule is CC(C)NCC1CCCCN1S(=O)(=O)NC1CCSC1. The van der Waals surface area contributed by atoms with E-state index in [9.17, 15) is 8.42 Å². The molecule has 2 atom stereocenters. The summed E-state index contributed by atoms with van der Waals surface area (Å²) in [5, 5.41) is 3.37. The van der Waals surface area contributed by atoms with E-state index in [0.717, 1.165) is 43.7 Å². The molecular weight excluding hydrogens is 294 g/mol. The summed E-state index contributed by atoms with van der Waals surface area (Å²) in [6, 6.07) is 0.601. The molecule has 0 aliphatic carbocycles. The predicted octanol–water partition coefficient (Wildman–Crippen LogP) is 1.18. The molecule has 0 saturated carbocycles. The van der Waals surface area contributed by atoms with Crippen molar-refractivity contribution in [3.05, 3.63) is 0 Å². The first-order valence-electron chi connectivity index (χ1n) is 7.59. The minimum atomic E-state index is -3.33. The molecule has 2 unspecified atom stereocenters. The average Bonchev–Trinajstić information content (AvgIpc) is 2.88. The molecule has 2 saturated heterocycles. The van der Waals surface area contributed by atoms with Crippen LogP contribution in [0.15, 0.2) is 0 Å². The number of hydrogen-bond donors (Lipinski definition) is 2. The van der Waals surface area contributed by atoms with Gasteiger partial charge in [-0.25, -0.2) is 0 Å². The summed E-state index contributed by atoms with van der Waals surface area (Å²) in [5.74, 6) is 1.97. The first kappa shape index (κ1) is 16.5. The zero-order valence-corrected chi connectivity index (χ0v) is 14.1. The van der Waals surface area contributed by atoms with Crippen LogP contribution in [0.3, 0.4) is 0 Å². The van der Waals surface area contributed by atoms with E-state index in [0.29, 0.717) is 12.6 Å². The summed E-state index contributed by atoms with van der Waals surface area (Å²) in [4.78, 5) is 0. The van der Waals surface area contributed by atoms with Gasteiger partial charge in [-0.05, 0) is 25.0 Å². The van der Waals surface area contributed by atoms with E-state index in [1.165, 1.54) is 0 Å². The van der Waals surface area contributed by atoms with Crippen molar-refractivity contribution in [3.8, 4) is 0 Å². The molecule has 0 bridgehead atoms. The highest BCUT2D eigenvalue weighted by molar-refractivity contribution is 7.99. The summed E-state index contributed by atoms with van der Waals surface area (Å²) in [6.07, 6.45) is 4.00. The van der Waals surface area contributed by atoms with Crippen molar-refractivity contribution in [1.82, 2.24) is 14.3 Å². The summed E-state index contributed by atoms with van der Waals surface area (Å²) < 4.78 is 29.7. The molecule has 7 heteroatoms. The Morgan fingerprint density at radius 2 is 2.10 bits per heavy atom. The number of rotatable bonds is 6. The lowest BCUT2D eigenvalue weighted by Crippen LogP contribution is -2.54. The molecule has 118 valence electrons. The molecule has 0 amide bonds. The van der Waals surface area contributed by atoms with Crippen LogP contribution in [0, 0.1) is 0 Å². The van der Waals surface area contributed by atoms with Crippen LogP contribution >= 0.6 is 11.8 Å². The van der Waals surface area contributed by atoms with Gasteiger partial charge in [0.1, 0.15) is 0 Å². The van der Waals surface area contributed by atoms with E-state index in [4.69, 9.17) is 0 Å². The Labute approximate surface area is 127 Å². The highest BCUT2D eigenvalue weighted by Crippen LogP contribution is 2.22. The quantitative estimate of drug-likeness (QED) is 0.771. The fourth-order valence-corrected chi connectivity index (χ4v) is 5.73. The van der Waals surface area contributed by atoms with Crippen LogP contribution in [-0.2, 0) is 10.2 Å². The lowest BCUT2D eigenvalue weighted by Gasteiger charge is -2.35. The molecule has 2 rings (SSSR count). The second-order valence-electron chi connectivity index (χ2n) is 6.01. The van der Waals surface area contributed by atoms with E-state index in [-0.39, 0.29) is 12.1 Å². The minimum absolute atomic E-state index is 0.0951. The molecule has 2 aliphatic rings. The number of thioether (sulfide) groups is 1. The molecule has 0 aromatic heterocycles. The summed E-state index contributed by atoms with van der Waals surface area (Å²) >= 11 is 1.83. The van der Waals surface area contributed by atoms with Gasteiger partial charge in [0.25, 0.3) is 10.2 Å². The third-order valence-corrected chi connectivity index (χ3v) is 6.78. The van der Waals surface area contributed by atoms with Crippen molar-refractivity contribution in [2.45, 2.75) is 57.7 Å². The third-order valence-electron chi connectivity index (χ3n) is 3.89.